The van der Waals surface area contributed by atoms with Gasteiger partial charge in [0.2, 0.25) is 5.91 Å². The van der Waals surface area contributed by atoms with Gasteiger partial charge in [-0.05, 0) is 50.8 Å². The Morgan fingerprint density at radius 1 is 1.31 bits per heavy atom. The predicted octanol–water partition coefficient (Wildman–Crippen LogP) is 1.62. The van der Waals surface area contributed by atoms with Crippen LogP contribution in [-0.4, -0.2) is 60.7 Å². The van der Waals surface area contributed by atoms with Crippen molar-refractivity contribution in [3.63, 3.8) is 0 Å². The van der Waals surface area contributed by atoms with Crippen LogP contribution >= 0.6 is 0 Å². The largest absolute Gasteiger partial charge is 0.497 e. The van der Waals surface area contributed by atoms with Crippen molar-refractivity contribution >= 4 is 17.8 Å². The Labute approximate surface area is 170 Å². The highest BCUT2D eigenvalue weighted by molar-refractivity contribution is 6.05. The van der Waals surface area contributed by atoms with Gasteiger partial charge in [0.15, 0.2) is 0 Å². The van der Waals surface area contributed by atoms with Gasteiger partial charge in [-0.15, -0.1) is 0 Å². The maximum atomic E-state index is 12.6. The van der Waals surface area contributed by atoms with Crippen LogP contribution < -0.4 is 15.4 Å². The Bertz CT molecular complexity index is 762. The predicted molar refractivity (Wildman–Crippen MR) is 107 cm³/mol. The number of nitrogens with zero attached hydrogens (tertiary/aromatic N) is 1. The smallest absolute Gasteiger partial charge is 0.324 e. The van der Waals surface area contributed by atoms with E-state index in [1.165, 1.54) is 4.90 Å². The Balaban J connectivity index is 1.49. The maximum absolute atomic E-state index is 12.6. The number of hydrogen-bond acceptors (Lipinski definition) is 5. The van der Waals surface area contributed by atoms with Crippen LogP contribution in [0.15, 0.2) is 24.3 Å². The topological polar surface area (TPSA) is 97.0 Å². The molecule has 1 aromatic carbocycles. The molecule has 2 atom stereocenters. The second-order valence-electron chi connectivity index (χ2n) is 8.16. The van der Waals surface area contributed by atoms with Crippen molar-refractivity contribution in [2.75, 3.05) is 20.3 Å². The minimum absolute atomic E-state index is 0.0182. The summed E-state index contributed by atoms with van der Waals surface area (Å²) in [4.78, 5) is 38.4. The molecule has 8 heteroatoms. The van der Waals surface area contributed by atoms with Gasteiger partial charge < -0.3 is 20.1 Å². The molecule has 0 spiro atoms. The third-order valence-corrected chi connectivity index (χ3v) is 5.34. The van der Waals surface area contributed by atoms with Gasteiger partial charge in [-0.2, -0.15) is 0 Å². The number of amides is 4. The Hall–Kier alpha value is -2.61. The minimum Gasteiger partial charge on any atom is -0.497 e. The van der Waals surface area contributed by atoms with Crippen molar-refractivity contribution in [3.05, 3.63) is 29.8 Å². The lowest BCUT2D eigenvalue weighted by Crippen LogP contribution is -2.47. The molecule has 3 rings (SSSR count). The molecule has 1 aromatic rings. The molecule has 2 aliphatic rings. The van der Waals surface area contributed by atoms with Crippen molar-refractivity contribution in [3.8, 4) is 5.75 Å². The molecular weight excluding hydrogens is 374 g/mol. The number of nitrogens with one attached hydrogen (secondary N) is 2. The number of carbonyl (C=O) groups is 3. The molecule has 2 N–H and O–H groups in total. The zero-order valence-electron chi connectivity index (χ0n) is 17.2. The molecule has 2 fully saturated rings. The Morgan fingerprint density at radius 2 is 2.03 bits per heavy atom. The number of rotatable bonds is 7. The van der Waals surface area contributed by atoms with Crippen molar-refractivity contribution in [2.24, 2.45) is 0 Å². The molecule has 8 nitrogen and oxygen atoms in total. The lowest BCUT2D eigenvalue weighted by atomic mass is 9.94. The second-order valence-corrected chi connectivity index (χ2v) is 8.16. The molecule has 0 unspecified atom stereocenters. The summed E-state index contributed by atoms with van der Waals surface area (Å²) in [6.45, 7) is 4.85. The normalized spacial score (nSPS) is 23.6. The van der Waals surface area contributed by atoms with Crippen molar-refractivity contribution in [2.45, 2.75) is 57.2 Å². The number of benzene rings is 1. The molecule has 2 saturated heterocycles. The van der Waals surface area contributed by atoms with Gasteiger partial charge >= 0.3 is 6.03 Å². The molecular formula is C21H29N3O5. The molecule has 2 heterocycles. The summed E-state index contributed by atoms with van der Waals surface area (Å²) in [6, 6.07) is 6.23. The Morgan fingerprint density at radius 3 is 2.69 bits per heavy atom. The van der Waals surface area contributed by atoms with Gasteiger partial charge in [0.1, 0.15) is 11.8 Å². The molecule has 0 bridgehead atoms. The number of ether oxygens (including phenoxy) is 2. The summed E-state index contributed by atoms with van der Waals surface area (Å²) in [6.07, 6.45) is 1.95. The summed E-state index contributed by atoms with van der Waals surface area (Å²) in [7, 11) is 1.60. The summed E-state index contributed by atoms with van der Waals surface area (Å²) in [5, 5.41) is 5.59. The average molecular weight is 403 g/mol. The van der Waals surface area contributed by atoms with E-state index in [0.29, 0.717) is 13.0 Å². The van der Waals surface area contributed by atoms with Crippen LogP contribution in [0.25, 0.3) is 0 Å². The first-order valence-corrected chi connectivity index (χ1v) is 9.95. The highest BCUT2D eigenvalue weighted by atomic mass is 16.5. The van der Waals surface area contributed by atoms with Crippen LogP contribution in [0.3, 0.4) is 0 Å². The van der Waals surface area contributed by atoms with Gasteiger partial charge in [0.05, 0.1) is 19.1 Å². The van der Waals surface area contributed by atoms with Crippen LogP contribution in [0.2, 0.25) is 0 Å². The van der Waals surface area contributed by atoms with E-state index in [1.54, 1.807) is 7.11 Å². The highest BCUT2D eigenvalue weighted by Gasteiger charge is 2.39. The molecule has 2 aliphatic heterocycles. The minimum atomic E-state index is -0.814. The van der Waals surface area contributed by atoms with Crippen LogP contribution in [-0.2, 0) is 20.7 Å². The molecule has 158 valence electrons. The van der Waals surface area contributed by atoms with Crippen LogP contribution in [0.4, 0.5) is 4.79 Å². The lowest BCUT2D eigenvalue weighted by molar-refractivity contribution is -0.131. The fraction of sp³-hybridized carbons (Fsp3) is 0.571. The van der Waals surface area contributed by atoms with Crippen molar-refractivity contribution in [1.82, 2.24) is 15.5 Å². The standard InChI is InChI=1S/C21H29N3O5/c1-21(2)13-15(9-11-29-21)22-18(25)12-17-19(26)24(20(27)23-17)10-8-14-4-6-16(28-3)7-5-14/h4-7,15,17H,8-13H2,1-3H3,(H,22,25)(H,23,27)/t15-,17+/m1/s1. The molecule has 4 amide bonds. The molecule has 0 saturated carbocycles. The average Bonchev–Trinajstić information content (AvgIpc) is 2.92. The van der Waals surface area contributed by atoms with Crippen LogP contribution in [0, 0.1) is 0 Å². The van der Waals surface area contributed by atoms with E-state index in [9.17, 15) is 14.4 Å². The monoisotopic (exact) mass is 403 g/mol. The summed E-state index contributed by atoms with van der Waals surface area (Å²) < 4.78 is 10.8. The summed E-state index contributed by atoms with van der Waals surface area (Å²) in [5.74, 6) is 0.164. The molecule has 0 aliphatic carbocycles. The van der Waals surface area contributed by atoms with E-state index >= 15 is 0 Å². The van der Waals surface area contributed by atoms with E-state index in [-0.39, 0.29) is 36.4 Å². The van der Waals surface area contributed by atoms with Crippen LogP contribution in [0.1, 0.15) is 38.7 Å². The molecule has 0 aromatic heterocycles. The first-order valence-electron chi connectivity index (χ1n) is 9.95. The summed E-state index contributed by atoms with van der Waals surface area (Å²) >= 11 is 0. The van der Waals surface area contributed by atoms with Gasteiger partial charge in [0.25, 0.3) is 5.91 Å². The lowest BCUT2D eigenvalue weighted by Gasteiger charge is -2.35. The van der Waals surface area contributed by atoms with E-state index < -0.39 is 12.1 Å². The maximum Gasteiger partial charge on any atom is 0.324 e. The van der Waals surface area contributed by atoms with E-state index in [2.05, 4.69) is 10.6 Å². The van der Waals surface area contributed by atoms with Gasteiger partial charge in [-0.25, -0.2) is 4.79 Å². The number of hydrogen-bond donors (Lipinski definition) is 2. The fourth-order valence-corrected chi connectivity index (χ4v) is 3.79. The SMILES string of the molecule is COc1ccc(CCN2C(=O)N[C@@H](CC(=O)N[C@@H]3CCOC(C)(C)C3)C2=O)cc1. The van der Waals surface area contributed by atoms with Crippen molar-refractivity contribution < 1.29 is 23.9 Å². The van der Waals surface area contributed by atoms with Crippen molar-refractivity contribution in [1.29, 1.82) is 0 Å². The van der Waals surface area contributed by atoms with E-state index in [1.807, 2.05) is 38.1 Å². The van der Waals surface area contributed by atoms with Gasteiger partial charge in [-0.1, -0.05) is 12.1 Å². The van der Waals surface area contributed by atoms with E-state index in [0.717, 1.165) is 24.2 Å². The first kappa shape index (κ1) is 21.1. The third-order valence-electron chi connectivity index (χ3n) is 5.34. The third kappa shape index (κ3) is 5.47. The fourth-order valence-electron chi connectivity index (χ4n) is 3.79. The Kier molecular flexibility index (Phi) is 6.42. The summed E-state index contributed by atoms with van der Waals surface area (Å²) in [5.41, 5.74) is 0.723. The number of urea groups is 1. The quantitative estimate of drug-likeness (QED) is 0.675. The number of imide groups is 1. The van der Waals surface area contributed by atoms with Crippen LogP contribution in [0.5, 0.6) is 5.75 Å². The number of carbonyl (C=O) groups excluding carboxylic acids is 3. The molecule has 0 radical (unpaired) electrons. The molecule has 29 heavy (non-hydrogen) atoms. The van der Waals surface area contributed by atoms with E-state index in [4.69, 9.17) is 9.47 Å². The zero-order valence-corrected chi connectivity index (χ0v) is 17.2. The zero-order chi connectivity index (χ0) is 21.0. The first-order chi connectivity index (χ1) is 13.8. The van der Waals surface area contributed by atoms with Gasteiger partial charge in [-0.3, -0.25) is 14.5 Å². The number of methoxy groups -OCH3 is 1. The second kappa shape index (κ2) is 8.82. The van der Waals surface area contributed by atoms with Gasteiger partial charge in [0, 0.05) is 19.2 Å². The highest BCUT2D eigenvalue weighted by Crippen LogP contribution is 2.24.